The minimum atomic E-state index is -0.140. The average molecular weight is 255 g/mol. The number of hydrogen-bond acceptors (Lipinski definition) is 2. The molecule has 98 valence electrons. The number of phenols is 1. The van der Waals surface area contributed by atoms with Crippen LogP contribution in [0.2, 0.25) is 0 Å². The second-order valence-corrected chi connectivity index (χ2v) is 3.74. The van der Waals surface area contributed by atoms with E-state index in [2.05, 4.69) is 11.9 Å². The van der Waals surface area contributed by atoms with Gasteiger partial charge in [-0.25, -0.2) is 0 Å². The fraction of sp³-hybridized carbons (Fsp3) is 0.0625. The van der Waals surface area contributed by atoms with Gasteiger partial charge in [0.1, 0.15) is 5.75 Å². The first-order chi connectivity index (χ1) is 9.22. The second kappa shape index (κ2) is 8.53. The highest BCUT2D eigenvalue weighted by Crippen LogP contribution is 2.02. The number of carbonyl (C=O) groups excluding carboxylic acids is 1. The van der Waals surface area contributed by atoms with E-state index >= 15 is 0 Å². The number of aromatic hydroxyl groups is 1. The van der Waals surface area contributed by atoms with Crippen molar-refractivity contribution in [2.45, 2.75) is 6.54 Å². The van der Waals surface area contributed by atoms with Gasteiger partial charge in [0.15, 0.2) is 0 Å². The fourth-order valence-corrected chi connectivity index (χ4v) is 1.29. The molecule has 2 rings (SSSR count). The molecule has 0 bridgehead atoms. The summed E-state index contributed by atoms with van der Waals surface area (Å²) in [5.74, 6) is 0.182. The van der Waals surface area contributed by atoms with Crippen LogP contribution >= 0.6 is 0 Å². The quantitative estimate of drug-likeness (QED) is 0.828. The first kappa shape index (κ1) is 14.5. The molecule has 0 saturated carbocycles. The molecule has 0 radical (unpaired) electrons. The molecule has 0 heterocycles. The topological polar surface area (TPSA) is 49.3 Å². The minimum Gasteiger partial charge on any atom is -0.508 e. The maximum absolute atomic E-state index is 10.8. The molecular weight excluding hydrogens is 238 g/mol. The first-order valence-corrected chi connectivity index (χ1v) is 5.90. The maximum Gasteiger partial charge on any atom is 0.243 e. The Kier molecular flexibility index (Phi) is 6.51. The van der Waals surface area contributed by atoms with Crippen molar-refractivity contribution >= 4 is 5.91 Å². The van der Waals surface area contributed by atoms with Crippen LogP contribution in [0.4, 0.5) is 0 Å². The van der Waals surface area contributed by atoms with Crippen LogP contribution in [0.1, 0.15) is 5.56 Å². The largest absolute Gasteiger partial charge is 0.508 e. The lowest BCUT2D eigenvalue weighted by Crippen LogP contribution is -2.19. The number of carbonyl (C=O) groups is 1. The standard InChI is InChI=1S/C10H11NO.C6H6O/c1-2-10(12)11-8-9-6-4-3-5-7-9;7-6-4-2-1-3-5-6/h2-7H,1,8H2,(H,11,12);1-5,7H. The molecular formula is C16H17NO2. The third-order valence-corrected chi connectivity index (χ3v) is 2.25. The second-order valence-electron chi connectivity index (χ2n) is 3.74. The van der Waals surface area contributed by atoms with Gasteiger partial charge in [-0.05, 0) is 23.8 Å². The summed E-state index contributed by atoms with van der Waals surface area (Å²) in [6, 6.07) is 18.5. The summed E-state index contributed by atoms with van der Waals surface area (Å²) in [5, 5.41) is 11.3. The van der Waals surface area contributed by atoms with E-state index in [1.54, 1.807) is 24.3 Å². The van der Waals surface area contributed by atoms with Crippen molar-refractivity contribution in [3.8, 4) is 5.75 Å². The molecule has 2 aromatic carbocycles. The van der Waals surface area contributed by atoms with Crippen LogP contribution in [0.25, 0.3) is 0 Å². The van der Waals surface area contributed by atoms with Crippen molar-refractivity contribution in [3.63, 3.8) is 0 Å². The molecule has 0 aliphatic rings. The fourth-order valence-electron chi connectivity index (χ4n) is 1.29. The van der Waals surface area contributed by atoms with E-state index in [1.807, 2.05) is 36.4 Å². The van der Waals surface area contributed by atoms with E-state index in [4.69, 9.17) is 5.11 Å². The molecule has 1 amide bonds. The van der Waals surface area contributed by atoms with E-state index in [0.717, 1.165) is 5.56 Å². The molecule has 0 aliphatic heterocycles. The van der Waals surface area contributed by atoms with Crippen molar-refractivity contribution < 1.29 is 9.90 Å². The lowest BCUT2D eigenvalue weighted by Gasteiger charge is -2.00. The maximum atomic E-state index is 10.8. The SMILES string of the molecule is C=CC(=O)NCc1ccccc1.Oc1ccccc1. The zero-order valence-electron chi connectivity index (χ0n) is 10.6. The zero-order valence-corrected chi connectivity index (χ0v) is 10.6. The Balaban J connectivity index is 0.000000218. The molecule has 19 heavy (non-hydrogen) atoms. The summed E-state index contributed by atoms with van der Waals surface area (Å²) in [7, 11) is 0. The van der Waals surface area contributed by atoms with Crippen LogP contribution in [0, 0.1) is 0 Å². The van der Waals surface area contributed by atoms with Gasteiger partial charge < -0.3 is 10.4 Å². The molecule has 2 aromatic rings. The van der Waals surface area contributed by atoms with Crippen LogP contribution in [0.5, 0.6) is 5.75 Å². The number of hydrogen-bond donors (Lipinski definition) is 2. The Bertz CT molecular complexity index is 495. The number of nitrogens with one attached hydrogen (secondary N) is 1. The highest BCUT2D eigenvalue weighted by atomic mass is 16.3. The average Bonchev–Trinajstić information content (AvgIpc) is 2.47. The number of phenolic OH excluding ortho intramolecular Hbond substituents is 1. The minimum absolute atomic E-state index is 0.140. The molecule has 3 nitrogen and oxygen atoms in total. The number of amides is 1. The van der Waals surface area contributed by atoms with Gasteiger partial charge in [-0.3, -0.25) is 4.79 Å². The van der Waals surface area contributed by atoms with Crippen molar-refractivity contribution in [1.82, 2.24) is 5.32 Å². The summed E-state index contributed by atoms with van der Waals surface area (Å²) in [6.07, 6.45) is 1.27. The molecule has 0 aliphatic carbocycles. The Labute approximate surface area is 113 Å². The molecule has 0 fully saturated rings. The van der Waals surface area contributed by atoms with Gasteiger partial charge in [0, 0.05) is 6.54 Å². The van der Waals surface area contributed by atoms with Gasteiger partial charge in [-0.1, -0.05) is 55.1 Å². The molecule has 0 unspecified atom stereocenters. The third kappa shape index (κ3) is 6.68. The highest BCUT2D eigenvalue weighted by molar-refractivity contribution is 5.86. The van der Waals surface area contributed by atoms with Crippen LogP contribution in [0.15, 0.2) is 73.3 Å². The zero-order chi connectivity index (χ0) is 13.9. The summed E-state index contributed by atoms with van der Waals surface area (Å²) < 4.78 is 0. The third-order valence-electron chi connectivity index (χ3n) is 2.25. The molecule has 3 heteroatoms. The lowest BCUT2D eigenvalue weighted by atomic mass is 10.2. The molecule has 2 N–H and O–H groups in total. The van der Waals surface area contributed by atoms with E-state index in [0.29, 0.717) is 12.3 Å². The highest BCUT2D eigenvalue weighted by Gasteiger charge is 1.93. The Morgan fingerprint density at radius 3 is 2.00 bits per heavy atom. The van der Waals surface area contributed by atoms with E-state index in [-0.39, 0.29) is 5.91 Å². The molecule has 0 aromatic heterocycles. The van der Waals surface area contributed by atoms with Crippen LogP contribution in [-0.2, 0) is 11.3 Å². The van der Waals surface area contributed by atoms with Gasteiger partial charge in [0.05, 0.1) is 0 Å². The van der Waals surface area contributed by atoms with E-state index in [9.17, 15) is 4.79 Å². The lowest BCUT2D eigenvalue weighted by molar-refractivity contribution is -0.116. The summed E-state index contributed by atoms with van der Waals surface area (Å²) in [4.78, 5) is 10.8. The number of para-hydroxylation sites is 1. The van der Waals surface area contributed by atoms with Crippen molar-refractivity contribution in [2.24, 2.45) is 0 Å². The summed E-state index contributed by atoms with van der Waals surface area (Å²) in [5.41, 5.74) is 1.09. The first-order valence-electron chi connectivity index (χ1n) is 5.90. The predicted molar refractivity (Wildman–Crippen MR) is 76.6 cm³/mol. The van der Waals surface area contributed by atoms with Gasteiger partial charge in [0.25, 0.3) is 0 Å². The summed E-state index contributed by atoms with van der Waals surface area (Å²) >= 11 is 0. The van der Waals surface area contributed by atoms with Crippen LogP contribution < -0.4 is 5.32 Å². The normalized spacial score (nSPS) is 8.84. The molecule has 0 saturated heterocycles. The number of benzene rings is 2. The smallest absolute Gasteiger partial charge is 0.243 e. The Morgan fingerprint density at radius 2 is 1.58 bits per heavy atom. The Hall–Kier alpha value is -2.55. The van der Waals surface area contributed by atoms with Crippen molar-refractivity contribution in [2.75, 3.05) is 0 Å². The van der Waals surface area contributed by atoms with Crippen molar-refractivity contribution in [1.29, 1.82) is 0 Å². The van der Waals surface area contributed by atoms with E-state index in [1.165, 1.54) is 6.08 Å². The van der Waals surface area contributed by atoms with E-state index < -0.39 is 0 Å². The van der Waals surface area contributed by atoms with Gasteiger partial charge in [-0.15, -0.1) is 0 Å². The van der Waals surface area contributed by atoms with Gasteiger partial charge in [0.2, 0.25) is 5.91 Å². The predicted octanol–water partition coefficient (Wildman–Crippen LogP) is 2.88. The van der Waals surface area contributed by atoms with Crippen LogP contribution in [-0.4, -0.2) is 11.0 Å². The van der Waals surface area contributed by atoms with Crippen LogP contribution in [0.3, 0.4) is 0 Å². The van der Waals surface area contributed by atoms with Crippen molar-refractivity contribution in [3.05, 3.63) is 78.9 Å². The monoisotopic (exact) mass is 255 g/mol. The molecule has 0 atom stereocenters. The van der Waals surface area contributed by atoms with Gasteiger partial charge in [-0.2, -0.15) is 0 Å². The Morgan fingerprint density at radius 1 is 1.05 bits per heavy atom. The summed E-state index contributed by atoms with van der Waals surface area (Å²) in [6.45, 7) is 3.92. The van der Waals surface area contributed by atoms with Gasteiger partial charge >= 0.3 is 0 Å². The molecule has 0 spiro atoms. The number of rotatable bonds is 3.